The number of nitrogens with one attached hydrogen (secondary N) is 1. The summed E-state index contributed by atoms with van der Waals surface area (Å²) in [6.07, 6.45) is 1.69. The zero-order valence-electron chi connectivity index (χ0n) is 11.9. The minimum atomic E-state index is -3.80. The lowest BCUT2D eigenvalue weighted by Gasteiger charge is -2.30. The minimum Gasteiger partial charge on any atom is -0.398 e. The molecule has 0 saturated carbocycles. The first kappa shape index (κ1) is 16.7. The molecule has 7 heteroatoms. The first-order chi connectivity index (χ1) is 9.28. The van der Waals surface area contributed by atoms with Gasteiger partial charge in [-0.2, -0.15) is 0 Å². The molecular weight excluding hydrogens is 278 g/mol. The molecule has 6 N–H and O–H groups in total. The molecule has 0 bridgehead atoms. The predicted molar refractivity (Wildman–Crippen MR) is 80.8 cm³/mol. The standard InChI is InChI=1S/C13H23N3O3S/c1-3-13(4-2,9-17)8-16-10-5-6-12(11(14)7-10)20(15,18)19/h5-7,16-17H,3-4,8-9,14H2,1-2H3,(H2,15,18,19). The summed E-state index contributed by atoms with van der Waals surface area (Å²) in [7, 11) is -3.80. The van der Waals surface area contributed by atoms with Crippen molar-refractivity contribution in [3.05, 3.63) is 18.2 Å². The molecule has 114 valence electrons. The lowest BCUT2D eigenvalue weighted by molar-refractivity contribution is 0.127. The maximum Gasteiger partial charge on any atom is 0.240 e. The van der Waals surface area contributed by atoms with E-state index >= 15 is 0 Å². The number of aliphatic hydroxyl groups is 1. The van der Waals surface area contributed by atoms with Gasteiger partial charge in [-0.25, -0.2) is 13.6 Å². The van der Waals surface area contributed by atoms with Gasteiger partial charge in [-0.3, -0.25) is 0 Å². The molecule has 0 fully saturated rings. The highest BCUT2D eigenvalue weighted by Gasteiger charge is 2.25. The molecule has 20 heavy (non-hydrogen) atoms. The van der Waals surface area contributed by atoms with Crippen molar-refractivity contribution in [2.24, 2.45) is 10.6 Å². The number of aliphatic hydroxyl groups excluding tert-OH is 1. The van der Waals surface area contributed by atoms with Crippen LogP contribution in [0.25, 0.3) is 0 Å². The Kier molecular flexibility index (Phi) is 5.38. The van der Waals surface area contributed by atoms with Crippen LogP contribution in [0.4, 0.5) is 11.4 Å². The first-order valence-corrected chi connectivity index (χ1v) is 8.09. The monoisotopic (exact) mass is 301 g/mol. The number of sulfonamides is 1. The first-order valence-electron chi connectivity index (χ1n) is 6.55. The van der Waals surface area contributed by atoms with Crippen molar-refractivity contribution in [1.29, 1.82) is 0 Å². The molecule has 0 aliphatic heterocycles. The van der Waals surface area contributed by atoms with Crippen LogP contribution < -0.4 is 16.2 Å². The van der Waals surface area contributed by atoms with Crippen LogP contribution in [0.3, 0.4) is 0 Å². The lowest BCUT2D eigenvalue weighted by atomic mass is 9.83. The number of nitrogen functional groups attached to an aromatic ring is 1. The van der Waals surface area contributed by atoms with Gasteiger partial charge in [-0.1, -0.05) is 13.8 Å². The summed E-state index contributed by atoms with van der Waals surface area (Å²) in [5, 5.41) is 17.7. The van der Waals surface area contributed by atoms with Crippen LogP contribution in [-0.2, 0) is 10.0 Å². The molecule has 0 unspecified atom stereocenters. The Balaban J connectivity index is 2.88. The molecule has 0 saturated heterocycles. The molecule has 0 aliphatic rings. The average Bonchev–Trinajstić information content (AvgIpc) is 2.39. The highest BCUT2D eigenvalue weighted by atomic mass is 32.2. The topological polar surface area (TPSA) is 118 Å². The number of hydrogen-bond donors (Lipinski definition) is 4. The van der Waals surface area contributed by atoms with Gasteiger partial charge in [0.1, 0.15) is 4.90 Å². The van der Waals surface area contributed by atoms with E-state index in [0.717, 1.165) is 12.8 Å². The normalized spacial score (nSPS) is 12.4. The van der Waals surface area contributed by atoms with Crippen molar-refractivity contribution < 1.29 is 13.5 Å². The number of primary sulfonamides is 1. The van der Waals surface area contributed by atoms with Gasteiger partial charge in [0.05, 0.1) is 12.3 Å². The van der Waals surface area contributed by atoms with Gasteiger partial charge in [-0.15, -0.1) is 0 Å². The number of benzene rings is 1. The van der Waals surface area contributed by atoms with Crippen molar-refractivity contribution in [3.8, 4) is 0 Å². The predicted octanol–water partition coefficient (Wildman–Crippen LogP) is 1.13. The second kappa shape index (κ2) is 6.43. The Hall–Kier alpha value is -1.31. The molecular formula is C13H23N3O3S. The Bertz CT molecular complexity index is 546. The van der Waals surface area contributed by atoms with Crippen molar-refractivity contribution in [3.63, 3.8) is 0 Å². The molecule has 0 aromatic heterocycles. The fourth-order valence-electron chi connectivity index (χ4n) is 1.99. The average molecular weight is 301 g/mol. The van der Waals surface area contributed by atoms with E-state index in [1.807, 2.05) is 13.8 Å². The summed E-state index contributed by atoms with van der Waals surface area (Å²) < 4.78 is 22.5. The molecule has 1 aromatic carbocycles. The Labute approximate surface area is 120 Å². The molecule has 0 aliphatic carbocycles. The van der Waals surface area contributed by atoms with E-state index in [9.17, 15) is 13.5 Å². The van der Waals surface area contributed by atoms with Crippen molar-refractivity contribution >= 4 is 21.4 Å². The molecule has 1 aromatic rings. The van der Waals surface area contributed by atoms with Gasteiger partial charge in [0.2, 0.25) is 10.0 Å². The van der Waals surface area contributed by atoms with Crippen LogP contribution in [0.5, 0.6) is 0 Å². The smallest absolute Gasteiger partial charge is 0.240 e. The SMILES string of the molecule is CCC(CC)(CO)CNc1ccc(S(N)(=O)=O)c(N)c1. The van der Waals surface area contributed by atoms with E-state index < -0.39 is 10.0 Å². The van der Waals surface area contributed by atoms with Gasteiger partial charge < -0.3 is 16.2 Å². The van der Waals surface area contributed by atoms with E-state index in [2.05, 4.69) is 5.32 Å². The summed E-state index contributed by atoms with van der Waals surface area (Å²) in [6.45, 7) is 4.74. The Morgan fingerprint density at radius 1 is 1.30 bits per heavy atom. The van der Waals surface area contributed by atoms with Gasteiger partial charge in [-0.05, 0) is 31.0 Å². The fourth-order valence-corrected chi connectivity index (χ4v) is 2.63. The minimum absolute atomic E-state index is 0.0811. The van der Waals surface area contributed by atoms with Crippen LogP contribution in [0, 0.1) is 5.41 Å². The fraction of sp³-hybridized carbons (Fsp3) is 0.538. The van der Waals surface area contributed by atoms with E-state index in [-0.39, 0.29) is 22.6 Å². The van der Waals surface area contributed by atoms with Gasteiger partial charge in [0.15, 0.2) is 0 Å². The maximum absolute atomic E-state index is 11.3. The molecule has 0 heterocycles. The van der Waals surface area contributed by atoms with Crippen LogP contribution in [0.2, 0.25) is 0 Å². The van der Waals surface area contributed by atoms with Gasteiger partial charge >= 0.3 is 0 Å². The molecule has 0 atom stereocenters. The zero-order chi connectivity index (χ0) is 15.4. The molecule has 0 spiro atoms. The van der Waals surface area contributed by atoms with E-state index in [1.54, 1.807) is 6.07 Å². The van der Waals surface area contributed by atoms with Gasteiger partial charge in [0.25, 0.3) is 0 Å². The quantitative estimate of drug-likeness (QED) is 0.563. The van der Waals surface area contributed by atoms with Crippen molar-refractivity contribution in [2.45, 2.75) is 31.6 Å². The molecule has 0 amide bonds. The van der Waals surface area contributed by atoms with E-state index in [4.69, 9.17) is 10.9 Å². The number of hydrogen-bond acceptors (Lipinski definition) is 5. The maximum atomic E-state index is 11.3. The van der Waals surface area contributed by atoms with Crippen LogP contribution in [0.15, 0.2) is 23.1 Å². The largest absolute Gasteiger partial charge is 0.398 e. The summed E-state index contributed by atoms with van der Waals surface area (Å²) in [4.78, 5) is -0.0811. The number of anilines is 2. The summed E-state index contributed by atoms with van der Waals surface area (Å²) >= 11 is 0. The van der Waals surface area contributed by atoms with Crippen molar-refractivity contribution in [2.75, 3.05) is 24.2 Å². The lowest BCUT2D eigenvalue weighted by Crippen LogP contribution is -2.32. The number of rotatable bonds is 7. The van der Waals surface area contributed by atoms with Gasteiger partial charge in [0, 0.05) is 17.6 Å². The van der Waals surface area contributed by atoms with E-state index in [0.29, 0.717) is 12.2 Å². The second-order valence-electron chi connectivity index (χ2n) is 5.02. The third kappa shape index (κ3) is 3.84. The summed E-state index contributed by atoms with van der Waals surface area (Å²) in [5.41, 5.74) is 6.32. The summed E-state index contributed by atoms with van der Waals surface area (Å²) in [5.74, 6) is 0. The zero-order valence-corrected chi connectivity index (χ0v) is 12.7. The van der Waals surface area contributed by atoms with Crippen LogP contribution in [-0.4, -0.2) is 26.7 Å². The highest BCUT2D eigenvalue weighted by molar-refractivity contribution is 7.89. The summed E-state index contributed by atoms with van der Waals surface area (Å²) in [6, 6.07) is 4.53. The Morgan fingerprint density at radius 3 is 2.30 bits per heavy atom. The number of nitrogens with two attached hydrogens (primary N) is 2. The van der Waals surface area contributed by atoms with Crippen LogP contribution in [0.1, 0.15) is 26.7 Å². The van der Waals surface area contributed by atoms with Crippen LogP contribution >= 0.6 is 0 Å². The second-order valence-corrected chi connectivity index (χ2v) is 6.55. The van der Waals surface area contributed by atoms with Crippen molar-refractivity contribution in [1.82, 2.24) is 0 Å². The molecule has 6 nitrogen and oxygen atoms in total. The molecule has 0 radical (unpaired) electrons. The third-order valence-electron chi connectivity index (χ3n) is 3.82. The Morgan fingerprint density at radius 2 is 1.90 bits per heavy atom. The molecule has 1 rings (SSSR count). The van der Waals surface area contributed by atoms with E-state index in [1.165, 1.54) is 12.1 Å². The third-order valence-corrected chi connectivity index (χ3v) is 4.80. The highest BCUT2D eigenvalue weighted by Crippen LogP contribution is 2.27.